The van der Waals surface area contributed by atoms with E-state index in [1.165, 1.54) is 19.1 Å². The molecule has 1 aliphatic heterocycles. The summed E-state index contributed by atoms with van der Waals surface area (Å²) >= 11 is 0. The summed E-state index contributed by atoms with van der Waals surface area (Å²) in [6, 6.07) is 13.6. The van der Waals surface area contributed by atoms with Gasteiger partial charge in [0.25, 0.3) is 0 Å². The van der Waals surface area contributed by atoms with E-state index in [4.69, 9.17) is 0 Å². The number of nitrogens with zero attached hydrogens (tertiary/aromatic N) is 1. The molecule has 0 saturated heterocycles. The highest BCUT2D eigenvalue weighted by molar-refractivity contribution is 5.96. The number of carbonyl (C=O) groups is 2. The van der Waals surface area contributed by atoms with Crippen molar-refractivity contribution in [1.29, 1.82) is 0 Å². The number of Topliss-reactive ketones (excluding diaryl/α,β-unsaturated/α-hetero) is 2. The van der Waals surface area contributed by atoms with Crippen LogP contribution < -0.4 is 9.47 Å². The molecule has 2 heterocycles. The first kappa shape index (κ1) is 21.2. The molecule has 0 unspecified atom stereocenters. The zero-order valence-corrected chi connectivity index (χ0v) is 18.2. The Kier molecular flexibility index (Phi) is 4.81. The fraction of sp³-hybridized carbons (Fsp3) is 0.269. The number of pyridine rings is 1. The lowest BCUT2D eigenvalue weighted by Gasteiger charge is -2.17. The number of carbonyl (C=O) groups excluding carboxylic acids is 2. The van der Waals surface area contributed by atoms with E-state index in [9.17, 15) is 18.4 Å². The average molecular weight is 449 g/mol. The quantitative estimate of drug-likeness (QED) is 0.470. The van der Waals surface area contributed by atoms with E-state index in [2.05, 4.69) is 14.5 Å². The second-order valence-corrected chi connectivity index (χ2v) is 8.59. The molecule has 3 aromatic rings. The molecule has 5 rings (SSSR count). The van der Waals surface area contributed by atoms with Gasteiger partial charge in [0, 0.05) is 23.7 Å². The Hall–Kier alpha value is -3.61. The third-order valence-corrected chi connectivity index (χ3v) is 6.45. The molecule has 168 valence electrons. The molecular formula is C26H21F2NO4. The molecule has 0 N–H and O–H groups in total. The van der Waals surface area contributed by atoms with Crippen LogP contribution in [0.15, 0.2) is 54.7 Å². The zero-order valence-electron chi connectivity index (χ0n) is 18.2. The Morgan fingerprint density at radius 3 is 2.52 bits per heavy atom. The Balaban J connectivity index is 1.42. The maximum absolute atomic E-state index is 13.4. The van der Waals surface area contributed by atoms with E-state index >= 15 is 0 Å². The molecule has 1 aromatic heterocycles. The number of fused-ring (bicyclic) bond motifs is 1. The molecule has 33 heavy (non-hydrogen) atoms. The van der Waals surface area contributed by atoms with E-state index in [0.29, 0.717) is 24.0 Å². The van der Waals surface area contributed by atoms with Crippen molar-refractivity contribution >= 4 is 11.6 Å². The van der Waals surface area contributed by atoms with Crippen molar-refractivity contribution in [2.24, 2.45) is 0 Å². The number of halogens is 2. The number of aromatic nitrogens is 1. The van der Waals surface area contributed by atoms with Crippen molar-refractivity contribution in [2.45, 2.75) is 44.8 Å². The van der Waals surface area contributed by atoms with Crippen LogP contribution in [0.25, 0.3) is 11.3 Å². The molecule has 7 heteroatoms. The van der Waals surface area contributed by atoms with Crippen LogP contribution in [0.1, 0.15) is 46.8 Å². The van der Waals surface area contributed by atoms with Gasteiger partial charge < -0.3 is 9.47 Å². The van der Waals surface area contributed by atoms with E-state index < -0.39 is 11.7 Å². The number of hydrogen-bond acceptors (Lipinski definition) is 5. The summed E-state index contributed by atoms with van der Waals surface area (Å²) in [6.45, 7) is 3.43. The van der Waals surface area contributed by atoms with Gasteiger partial charge in [0.15, 0.2) is 17.3 Å². The molecule has 0 amide bonds. The fourth-order valence-corrected chi connectivity index (χ4v) is 4.39. The van der Waals surface area contributed by atoms with Crippen molar-refractivity contribution in [3.63, 3.8) is 0 Å². The van der Waals surface area contributed by atoms with Crippen molar-refractivity contribution in [2.75, 3.05) is 0 Å². The van der Waals surface area contributed by atoms with Gasteiger partial charge in [-0.15, -0.1) is 8.78 Å². The Morgan fingerprint density at radius 1 is 1.03 bits per heavy atom. The van der Waals surface area contributed by atoms with Crippen molar-refractivity contribution < 1.29 is 27.8 Å². The Labute approximate surface area is 189 Å². The van der Waals surface area contributed by atoms with Crippen molar-refractivity contribution in [3.8, 4) is 22.8 Å². The smallest absolute Gasteiger partial charge is 0.395 e. The van der Waals surface area contributed by atoms with E-state index in [0.717, 1.165) is 22.4 Å². The largest absolute Gasteiger partial charge is 0.586 e. The third-order valence-electron chi connectivity index (χ3n) is 6.45. The lowest BCUT2D eigenvalue weighted by molar-refractivity contribution is -0.286. The van der Waals surface area contributed by atoms with E-state index in [-0.39, 0.29) is 29.5 Å². The Morgan fingerprint density at radius 2 is 1.79 bits per heavy atom. The number of alkyl halides is 2. The van der Waals surface area contributed by atoms with Crippen LogP contribution in [0.2, 0.25) is 0 Å². The number of hydrogen-bond donors (Lipinski definition) is 0. The highest BCUT2D eigenvalue weighted by Crippen LogP contribution is 2.52. The zero-order chi connectivity index (χ0) is 23.4. The van der Waals surface area contributed by atoms with Crippen LogP contribution in [-0.4, -0.2) is 22.8 Å². The van der Waals surface area contributed by atoms with E-state index in [1.54, 1.807) is 24.4 Å². The van der Waals surface area contributed by atoms with Gasteiger partial charge in [0.2, 0.25) is 0 Å². The maximum atomic E-state index is 13.4. The van der Waals surface area contributed by atoms with Crippen LogP contribution in [0.4, 0.5) is 8.78 Å². The number of benzene rings is 2. The molecule has 0 atom stereocenters. The predicted molar refractivity (Wildman–Crippen MR) is 117 cm³/mol. The molecule has 0 radical (unpaired) electrons. The Bertz CT molecular complexity index is 1300. The van der Waals surface area contributed by atoms with Gasteiger partial charge in [0.05, 0.1) is 11.1 Å². The predicted octanol–water partition coefficient (Wildman–Crippen LogP) is 5.42. The minimum Gasteiger partial charge on any atom is -0.395 e. The molecule has 5 nitrogen and oxygen atoms in total. The van der Waals surface area contributed by atoms with Crippen LogP contribution in [0, 0.1) is 6.92 Å². The van der Waals surface area contributed by atoms with Crippen LogP contribution in [-0.2, 0) is 16.6 Å². The van der Waals surface area contributed by atoms with Gasteiger partial charge in [-0.2, -0.15) is 0 Å². The standard InChI is InChI=1S/C26H21F2NO4/c1-15-17(8-11-29-24(15)19-5-3-4-18(12-19)16(2)30)13-23(31)25(9-10-25)20-6-7-21-22(14-20)33-26(27,28)32-21/h3-8,11-12,14H,9-10,13H2,1-2H3. The molecule has 2 aromatic carbocycles. The normalized spacial score (nSPS) is 17.0. The van der Waals surface area contributed by atoms with Gasteiger partial charge >= 0.3 is 6.29 Å². The molecule has 0 bridgehead atoms. The lowest BCUT2D eigenvalue weighted by Crippen LogP contribution is -2.26. The SMILES string of the molecule is CC(=O)c1cccc(-c2nccc(CC(=O)C3(c4ccc5c(c4)OC(F)(F)O5)CC3)c2C)c1. The summed E-state index contributed by atoms with van der Waals surface area (Å²) in [5, 5.41) is 0. The number of ketones is 2. The minimum absolute atomic E-state index is 0.0193. The van der Waals surface area contributed by atoms with E-state index in [1.807, 2.05) is 25.1 Å². The van der Waals surface area contributed by atoms with Gasteiger partial charge in [-0.05, 0) is 67.6 Å². The first-order valence-corrected chi connectivity index (χ1v) is 10.7. The maximum Gasteiger partial charge on any atom is 0.586 e. The summed E-state index contributed by atoms with van der Waals surface area (Å²) in [7, 11) is 0. The minimum atomic E-state index is -3.69. The number of rotatable bonds is 6. The first-order valence-electron chi connectivity index (χ1n) is 10.7. The highest BCUT2D eigenvalue weighted by atomic mass is 19.3. The van der Waals surface area contributed by atoms with Crippen molar-refractivity contribution in [3.05, 3.63) is 77.0 Å². The van der Waals surface area contributed by atoms with Gasteiger partial charge in [-0.1, -0.05) is 24.3 Å². The molecule has 1 fully saturated rings. The molecule has 0 spiro atoms. The average Bonchev–Trinajstić information content (AvgIpc) is 3.52. The third kappa shape index (κ3) is 3.77. The van der Waals surface area contributed by atoms with Crippen LogP contribution in [0.5, 0.6) is 11.5 Å². The lowest BCUT2D eigenvalue weighted by atomic mass is 9.86. The number of ether oxygens (including phenoxy) is 2. The molecule has 1 aliphatic carbocycles. The summed E-state index contributed by atoms with van der Waals surface area (Å²) in [4.78, 5) is 29.6. The summed E-state index contributed by atoms with van der Waals surface area (Å²) < 4.78 is 35.8. The summed E-state index contributed by atoms with van der Waals surface area (Å²) in [6.07, 6.45) is -0.531. The fourth-order valence-electron chi connectivity index (χ4n) is 4.39. The van der Waals surface area contributed by atoms with Gasteiger partial charge in [0.1, 0.15) is 5.78 Å². The molecular weight excluding hydrogens is 428 g/mol. The van der Waals surface area contributed by atoms with Gasteiger partial charge in [-0.3, -0.25) is 14.6 Å². The molecule has 2 aliphatic rings. The molecule has 1 saturated carbocycles. The van der Waals surface area contributed by atoms with Crippen LogP contribution >= 0.6 is 0 Å². The monoisotopic (exact) mass is 449 g/mol. The second kappa shape index (κ2) is 7.47. The van der Waals surface area contributed by atoms with Crippen molar-refractivity contribution in [1.82, 2.24) is 4.98 Å². The highest BCUT2D eigenvalue weighted by Gasteiger charge is 2.52. The van der Waals surface area contributed by atoms with Gasteiger partial charge in [-0.25, -0.2) is 0 Å². The van der Waals surface area contributed by atoms with Crippen LogP contribution in [0.3, 0.4) is 0 Å². The summed E-state index contributed by atoms with van der Waals surface area (Å²) in [5.74, 6) is -0.0948. The first-order chi connectivity index (χ1) is 15.7. The second-order valence-electron chi connectivity index (χ2n) is 8.59. The topological polar surface area (TPSA) is 65.5 Å². The summed E-state index contributed by atoms with van der Waals surface area (Å²) in [5.41, 5.74) is 3.80.